The summed E-state index contributed by atoms with van der Waals surface area (Å²) in [6.45, 7) is 9.94. The van der Waals surface area contributed by atoms with Gasteiger partial charge in [0, 0.05) is 12.1 Å². The highest BCUT2D eigenvalue weighted by atomic mass is 16.5. The molecule has 1 N–H and O–H groups in total. The lowest BCUT2D eigenvalue weighted by Gasteiger charge is -2.27. The molecule has 41 heavy (non-hydrogen) atoms. The van der Waals surface area contributed by atoms with Crippen LogP contribution >= 0.6 is 0 Å². The highest BCUT2D eigenvalue weighted by Gasteiger charge is 2.46. The van der Waals surface area contributed by atoms with Crippen molar-refractivity contribution in [2.24, 2.45) is 0 Å². The van der Waals surface area contributed by atoms with E-state index in [1.165, 1.54) is 0 Å². The van der Waals surface area contributed by atoms with Gasteiger partial charge in [0.25, 0.3) is 11.7 Å². The summed E-state index contributed by atoms with van der Waals surface area (Å²) in [7, 11) is 0. The number of ether oxygens (including phenoxy) is 2. The maximum atomic E-state index is 13.5. The number of aliphatic hydroxyl groups excluding tert-OH is 1. The number of hydrogen-bond acceptors (Lipinski definition) is 6. The number of nitrogens with zero attached hydrogens (tertiary/aromatic N) is 2. The van der Waals surface area contributed by atoms with Crippen LogP contribution in [0.3, 0.4) is 0 Å². The first kappa shape index (κ1) is 29.9. The summed E-state index contributed by atoms with van der Waals surface area (Å²) in [6, 6.07) is 23.0. The van der Waals surface area contributed by atoms with Gasteiger partial charge < -0.3 is 24.4 Å². The zero-order chi connectivity index (χ0) is 29.2. The Kier molecular flexibility index (Phi) is 10.6. The van der Waals surface area contributed by atoms with E-state index in [0.29, 0.717) is 47.9 Å². The Labute approximate surface area is 243 Å². The van der Waals surface area contributed by atoms with Crippen molar-refractivity contribution >= 4 is 17.4 Å². The van der Waals surface area contributed by atoms with Crippen molar-refractivity contribution in [3.8, 4) is 17.2 Å². The highest BCUT2D eigenvalue weighted by Crippen LogP contribution is 2.41. The van der Waals surface area contributed by atoms with Gasteiger partial charge in [-0.15, -0.1) is 0 Å². The zero-order valence-electron chi connectivity index (χ0n) is 24.2. The van der Waals surface area contributed by atoms with Crippen LogP contribution < -0.4 is 9.47 Å². The van der Waals surface area contributed by atoms with Crippen LogP contribution in [0.4, 0.5) is 0 Å². The largest absolute Gasteiger partial charge is 0.507 e. The molecular weight excluding hydrogens is 516 g/mol. The van der Waals surface area contributed by atoms with Crippen LogP contribution in [0.5, 0.6) is 17.2 Å². The molecule has 0 saturated carbocycles. The predicted octanol–water partition coefficient (Wildman–Crippen LogP) is 6.81. The van der Waals surface area contributed by atoms with Gasteiger partial charge in [-0.3, -0.25) is 9.59 Å². The lowest BCUT2D eigenvalue weighted by atomic mass is 9.95. The second-order valence-corrected chi connectivity index (χ2v) is 10.1. The Balaban J connectivity index is 1.69. The van der Waals surface area contributed by atoms with Gasteiger partial charge in [0.1, 0.15) is 23.0 Å². The molecule has 4 rings (SSSR count). The first-order valence-corrected chi connectivity index (χ1v) is 14.5. The van der Waals surface area contributed by atoms with Crippen molar-refractivity contribution in [3.63, 3.8) is 0 Å². The molecule has 0 bridgehead atoms. The van der Waals surface area contributed by atoms with Crippen molar-refractivity contribution in [1.82, 2.24) is 9.80 Å². The molecule has 1 unspecified atom stereocenters. The van der Waals surface area contributed by atoms with E-state index in [-0.39, 0.29) is 11.3 Å². The fourth-order valence-corrected chi connectivity index (χ4v) is 5.03. The Morgan fingerprint density at radius 3 is 2.24 bits per heavy atom. The fourth-order valence-electron chi connectivity index (χ4n) is 5.03. The minimum atomic E-state index is -0.744. The average molecular weight is 557 g/mol. The average Bonchev–Trinajstić information content (AvgIpc) is 3.25. The standard InChI is InChI=1S/C34H40N2O5/c1-4-7-23-40-27-19-17-25(18-20-27)32(37)30-31(36(34(39)33(30)38)22-12-21-35(5-2)6-3)26-13-11-16-29(24-26)41-28-14-9-8-10-15-28/h8-11,13-20,24,31,37H,4-7,12,21-23H2,1-3H3/b32-30-. The summed E-state index contributed by atoms with van der Waals surface area (Å²) in [5.74, 6) is 0.455. The number of amides is 1. The van der Waals surface area contributed by atoms with Gasteiger partial charge in [-0.05, 0) is 86.6 Å². The summed E-state index contributed by atoms with van der Waals surface area (Å²) >= 11 is 0. The molecule has 1 aliphatic heterocycles. The van der Waals surface area contributed by atoms with Crippen LogP contribution in [0, 0.1) is 0 Å². The molecule has 0 spiro atoms. The lowest BCUT2D eigenvalue weighted by Crippen LogP contribution is -2.33. The van der Waals surface area contributed by atoms with E-state index < -0.39 is 17.7 Å². The second kappa shape index (κ2) is 14.5. The zero-order valence-corrected chi connectivity index (χ0v) is 24.2. The van der Waals surface area contributed by atoms with E-state index in [9.17, 15) is 14.7 Å². The summed E-state index contributed by atoms with van der Waals surface area (Å²) in [4.78, 5) is 30.7. The van der Waals surface area contributed by atoms with Gasteiger partial charge in [0.15, 0.2) is 0 Å². The maximum Gasteiger partial charge on any atom is 0.295 e. The van der Waals surface area contributed by atoms with Crippen LogP contribution in [0.1, 0.15) is 57.2 Å². The van der Waals surface area contributed by atoms with Gasteiger partial charge in [0.2, 0.25) is 0 Å². The SMILES string of the molecule is CCCCOc1ccc(/C(O)=C2/C(=O)C(=O)N(CCCN(CC)CC)C2c2cccc(Oc3ccccc3)c2)cc1. The van der Waals surface area contributed by atoms with Crippen molar-refractivity contribution in [1.29, 1.82) is 0 Å². The number of para-hydroxylation sites is 1. The van der Waals surface area contributed by atoms with Gasteiger partial charge >= 0.3 is 0 Å². The van der Waals surface area contributed by atoms with E-state index in [1.54, 1.807) is 29.2 Å². The quantitative estimate of drug-likeness (QED) is 0.102. The van der Waals surface area contributed by atoms with Crippen molar-refractivity contribution in [2.75, 3.05) is 32.8 Å². The highest BCUT2D eigenvalue weighted by molar-refractivity contribution is 6.46. The number of likely N-dealkylation sites (tertiary alicyclic amines) is 1. The molecule has 1 saturated heterocycles. The summed E-state index contributed by atoms with van der Waals surface area (Å²) in [5.41, 5.74) is 1.23. The number of Topliss-reactive ketones (excluding diaryl/α,β-unsaturated/α-hetero) is 1. The Hall–Kier alpha value is -4.10. The van der Waals surface area contributed by atoms with Crippen molar-refractivity contribution in [3.05, 3.63) is 95.6 Å². The Morgan fingerprint density at radius 2 is 1.56 bits per heavy atom. The Bertz CT molecular complexity index is 1330. The molecule has 0 aromatic heterocycles. The van der Waals surface area contributed by atoms with Crippen LogP contribution in [-0.2, 0) is 9.59 Å². The number of carbonyl (C=O) groups is 2. The number of carbonyl (C=O) groups excluding carboxylic acids is 2. The second-order valence-electron chi connectivity index (χ2n) is 10.1. The van der Waals surface area contributed by atoms with Crippen LogP contribution in [0.2, 0.25) is 0 Å². The molecule has 1 fully saturated rings. The third-order valence-electron chi connectivity index (χ3n) is 7.35. The monoisotopic (exact) mass is 556 g/mol. The van der Waals surface area contributed by atoms with Gasteiger partial charge in [-0.1, -0.05) is 57.5 Å². The third-order valence-corrected chi connectivity index (χ3v) is 7.35. The van der Waals surface area contributed by atoms with Crippen molar-refractivity contribution in [2.45, 2.75) is 46.1 Å². The minimum absolute atomic E-state index is 0.0781. The van der Waals surface area contributed by atoms with E-state index in [2.05, 4.69) is 25.7 Å². The predicted molar refractivity (Wildman–Crippen MR) is 161 cm³/mol. The van der Waals surface area contributed by atoms with E-state index in [0.717, 1.165) is 32.5 Å². The molecule has 0 radical (unpaired) electrons. The number of benzene rings is 3. The van der Waals surface area contributed by atoms with Crippen molar-refractivity contribution < 1.29 is 24.2 Å². The summed E-state index contributed by atoms with van der Waals surface area (Å²) in [5, 5.41) is 11.5. The summed E-state index contributed by atoms with van der Waals surface area (Å²) in [6.07, 6.45) is 2.69. The molecule has 3 aromatic rings. The Morgan fingerprint density at radius 1 is 0.854 bits per heavy atom. The fraction of sp³-hybridized carbons (Fsp3) is 0.353. The normalized spacial score (nSPS) is 16.4. The van der Waals surface area contributed by atoms with Crippen LogP contribution in [0.25, 0.3) is 5.76 Å². The molecule has 1 heterocycles. The molecule has 216 valence electrons. The third kappa shape index (κ3) is 7.35. The molecule has 7 heteroatoms. The van der Waals surface area contributed by atoms with E-state index in [1.807, 2.05) is 54.6 Å². The molecule has 0 aliphatic carbocycles. The van der Waals surface area contributed by atoms with Gasteiger partial charge in [-0.25, -0.2) is 0 Å². The topological polar surface area (TPSA) is 79.3 Å². The molecule has 3 aromatic carbocycles. The maximum absolute atomic E-state index is 13.5. The lowest BCUT2D eigenvalue weighted by molar-refractivity contribution is -0.140. The molecule has 1 atom stereocenters. The minimum Gasteiger partial charge on any atom is -0.507 e. The van der Waals surface area contributed by atoms with Gasteiger partial charge in [0.05, 0.1) is 18.2 Å². The number of ketones is 1. The van der Waals surface area contributed by atoms with Crippen LogP contribution in [-0.4, -0.2) is 59.4 Å². The molecule has 1 amide bonds. The number of hydrogen-bond donors (Lipinski definition) is 1. The first-order chi connectivity index (χ1) is 20.0. The molecule has 1 aliphatic rings. The molecular formula is C34H40N2O5. The molecule has 7 nitrogen and oxygen atoms in total. The van der Waals surface area contributed by atoms with Gasteiger partial charge in [-0.2, -0.15) is 0 Å². The summed E-state index contributed by atoms with van der Waals surface area (Å²) < 4.78 is 11.8. The van der Waals surface area contributed by atoms with E-state index in [4.69, 9.17) is 9.47 Å². The number of unbranched alkanes of at least 4 members (excludes halogenated alkanes) is 1. The number of aliphatic hydroxyl groups is 1. The van der Waals surface area contributed by atoms with Crippen LogP contribution in [0.15, 0.2) is 84.4 Å². The first-order valence-electron chi connectivity index (χ1n) is 14.5. The smallest absolute Gasteiger partial charge is 0.295 e. The van der Waals surface area contributed by atoms with E-state index >= 15 is 0 Å². The number of rotatable bonds is 14.